The molecule has 0 bridgehead atoms. The number of hydrogen-bond acceptors (Lipinski definition) is 6. The smallest absolute Gasteiger partial charge is 0.209 e. The topological polar surface area (TPSA) is 68.8 Å². The minimum absolute atomic E-state index is 0. The molecule has 3 aromatic rings. The van der Waals surface area contributed by atoms with E-state index in [0.717, 1.165) is 34.5 Å². The summed E-state index contributed by atoms with van der Waals surface area (Å²) in [7, 11) is 1.84. The van der Waals surface area contributed by atoms with Crippen LogP contribution in [0.5, 0.6) is 0 Å². The standard InChI is InChI=1S/C15H17N5OS.ClH/c1-20-15(17-18-19-20)22-10-9-16-11-13-7-8-14(21-13)12-5-3-2-4-6-12;/h2-8,16H,9-11H2,1H3;1H/p-1. The highest BCUT2D eigenvalue weighted by atomic mass is 35.5. The summed E-state index contributed by atoms with van der Waals surface area (Å²) in [5, 5.41) is 15.5. The van der Waals surface area contributed by atoms with E-state index in [2.05, 4.69) is 20.8 Å². The van der Waals surface area contributed by atoms with Crippen molar-refractivity contribution in [3.05, 3.63) is 48.2 Å². The van der Waals surface area contributed by atoms with Gasteiger partial charge < -0.3 is 22.1 Å². The first-order chi connectivity index (χ1) is 10.8. The average molecular weight is 351 g/mol. The zero-order chi connectivity index (χ0) is 15.2. The molecule has 0 atom stereocenters. The molecule has 0 amide bonds. The number of tetrazole rings is 1. The molecule has 122 valence electrons. The molecule has 0 spiro atoms. The van der Waals surface area contributed by atoms with Crippen molar-refractivity contribution >= 4 is 11.8 Å². The lowest BCUT2D eigenvalue weighted by Crippen LogP contribution is -3.00. The molecule has 8 heteroatoms. The summed E-state index contributed by atoms with van der Waals surface area (Å²) in [6.07, 6.45) is 0. The van der Waals surface area contributed by atoms with Gasteiger partial charge in [0, 0.05) is 24.9 Å². The molecule has 1 N–H and O–H groups in total. The second kappa shape index (κ2) is 8.71. The van der Waals surface area contributed by atoms with Crippen LogP contribution in [0.4, 0.5) is 0 Å². The monoisotopic (exact) mass is 350 g/mol. The number of rotatable bonds is 7. The van der Waals surface area contributed by atoms with E-state index in [9.17, 15) is 0 Å². The molecule has 0 radical (unpaired) electrons. The highest BCUT2D eigenvalue weighted by Gasteiger charge is 2.05. The number of benzene rings is 1. The minimum Gasteiger partial charge on any atom is -1.00 e. The number of halogens is 1. The van der Waals surface area contributed by atoms with Gasteiger partial charge in [-0.05, 0) is 22.6 Å². The summed E-state index contributed by atoms with van der Waals surface area (Å²) < 4.78 is 7.51. The van der Waals surface area contributed by atoms with E-state index >= 15 is 0 Å². The molecule has 2 heterocycles. The van der Waals surface area contributed by atoms with Crippen LogP contribution in [-0.4, -0.2) is 32.5 Å². The first-order valence-corrected chi connectivity index (χ1v) is 8.01. The summed E-state index contributed by atoms with van der Waals surface area (Å²) >= 11 is 1.62. The van der Waals surface area contributed by atoms with Crippen LogP contribution in [0, 0.1) is 0 Å². The highest BCUT2D eigenvalue weighted by Crippen LogP contribution is 2.21. The molecule has 0 aliphatic rings. The Morgan fingerprint density at radius 1 is 1.17 bits per heavy atom. The molecule has 3 rings (SSSR count). The van der Waals surface area contributed by atoms with Crippen molar-refractivity contribution in [2.75, 3.05) is 12.3 Å². The highest BCUT2D eigenvalue weighted by molar-refractivity contribution is 7.99. The van der Waals surface area contributed by atoms with Gasteiger partial charge in [-0.25, -0.2) is 4.68 Å². The SMILES string of the molecule is Cn1nnnc1SCCNCc1ccc(-c2ccccc2)o1.[Cl-]. The number of nitrogens with zero attached hydrogens (tertiary/aromatic N) is 4. The Morgan fingerprint density at radius 2 is 2.00 bits per heavy atom. The van der Waals surface area contributed by atoms with Gasteiger partial charge in [0.2, 0.25) is 5.16 Å². The predicted molar refractivity (Wildman–Crippen MR) is 85.4 cm³/mol. The second-order valence-electron chi connectivity index (χ2n) is 4.74. The third kappa shape index (κ3) is 4.82. The van der Waals surface area contributed by atoms with E-state index in [1.807, 2.05) is 49.5 Å². The maximum atomic E-state index is 5.84. The van der Waals surface area contributed by atoms with Gasteiger partial charge in [0.25, 0.3) is 0 Å². The second-order valence-corrected chi connectivity index (χ2v) is 5.80. The van der Waals surface area contributed by atoms with Crippen LogP contribution in [-0.2, 0) is 13.6 Å². The Morgan fingerprint density at radius 3 is 2.74 bits per heavy atom. The molecule has 1 aromatic carbocycles. The van der Waals surface area contributed by atoms with E-state index in [1.165, 1.54) is 0 Å². The van der Waals surface area contributed by atoms with E-state index in [1.54, 1.807) is 16.4 Å². The van der Waals surface area contributed by atoms with E-state index in [0.29, 0.717) is 6.54 Å². The van der Waals surface area contributed by atoms with Crippen molar-refractivity contribution in [2.24, 2.45) is 7.05 Å². The lowest BCUT2D eigenvalue weighted by atomic mass is 10.2. The van der Waals surface area contributed by atoms with Crippen molar-refractivity contribution in [3.8, 4) is 11.3 Å². The van der Waals surface area contributed by atoms with Crippen LogP contribution >= 0.6 is 11.8 Å². The molecular weight excluding hydrogens is 334 g/mol. The van der Waals surface area contributed by atoms with Crippen molar-refractivity contribution in [2.45, 2.75) is 11.7 Å². The zero-order valence-electron chi connectivity index (χ0n) is 12.6. The van der Waals surface area contributed by atoms with Gasteiger partial charge in [0.1, 0.15) is 11.5 Å². The Kier molecular flexibility index (Phi) is 6.64. The van der Waals surface area contributed by atoms with E-state index < -0.39 is 0 Å². The zero-order valence-corrected chi connectivity index (χ0v) is 14.2. The molecule has 0 saturated heterocycles. The van der Waals surface area contributed by atoms with E-state index in [4.69, 9.17) is 4.42 Å². The molecule has 23 heavy (non-hydrogen) atoms. The lowest BCUT2D eigenvalue weighted by Gasteiger charge is -2.02. The van der Waals surface area contributed by atoms with Crippen molar-refractivity contribution in [1.29, 1.82) is 0 Å². The third-order valence-corrected chi connectivity index (χ3v) is 4.12. The van der Waals surface area contributed by atoms with Gasteiger partial charge in [0.05, 0.1) is 6.54 Å². The maximum absolute atomic E-state index is 5.84. The fraction of sp³-hybridized carbons (Fsp3) is 0.267. The van der Waals surface area contributed by atoms with Crippen LogP contribution in [0.1, 0.15) is 5.76 Å². The molecule has 0 unspecified atom stereocenters. The van der Waals surface area contributed by atoms with E-state index in [-0.39, 0.29) is 12.4 Å². The molecule has 0 aliphatic heterocycles. The molecule has 0 fully saturated rings. The average Bonchev–Trinajstić information content (AvgIpc) is 3.17. The first kappa shape index (κ1) is 17.5. The van der Waals surface area contributed by atoms with Crippen molar-refractivity contribution in [3.63, 3.8) is 0 Å². The summed E-state index contributed by atoms with van der Waals surface area (Å²) in [6.45, 7) is 1.57. The summed E-state index contributed by atoms with van der Waals surface area (Å²) in [5.74, 6) is 2.74. The van der Waals surface area contributed by atoms with Gasteiger partial charge in [-0.1, -0.05) is 42.1 Å². The number of nitrogens with one attached hydrogen (secondary N) is 1. The van der Waals surface area contributed by atoms with Crippen LogP contribution in [0.2, 0.25) is 0 Å². The first-order valence-electron chi connectivity index (χ1n) is 7.03. The van der Waals surface area contributed by atoms with Gasteiger partial charge in [-0.3, -0.25) is 0 Å². The Labute approximate surface area is 145 Å². The quantitative estimate of drug-likeness (QED) is 0.451. The fourth-order valence-electron chi connectivity index (χ4n) is 2.00. The Bertz CT molecular complexity index is 715. The molecule has 2 aromatic heterocycles. The minimum atomic E-state index is 0. The van der Waals surface area contributed by atoms with Crippen LogP contribution < -0.4 is 17.7 Å². The van der Waals surface area contributed by atoms with Crippen LogP contribution in [0.15, 0.2) is 52.0 Å². The number of hydrogen-bond donors (Lipinski definition) is 1. The third-order valence-electron chi connectivity index (χ3n) is 3.11. The molecule has 6 nitrogen and oxygen atoms in total. The summed E-state index contributed by atoms with van der Waals surface area (Å²) in [5.41, 5.74) is 1.10. The van der Waals surface area contributed by atoms with Gasteiger partial charge >= 0.3 is 0 Å². The summed E-state index contributed by atoms with van der Waals surface area (Å²) in [4.78, 5) is 0. The maximum Gasteiger partial charge on any atom is 0.209 e. The number of furan rings is 1. The molecular formula is C15H17ClN5OS-. The lowest BCUT2D eigenvalue weighted by molar-refractivity contribution is -0.00000522. The normalized spacial score (nSPS) is 10.5. The number of aryl methyl sites for hydroxylation is 1. The van der Waals surface area contributed by atoms with Crippen LogP contribution in [0.25, 0.3) is 11.3 Å². The molecule has 0 aliphatic carbocycles. The largest absolute Gasteiger partial charge is 1.00 e. The predicted octanol–water partition coefficient (Wildman–Crippen LogP) is -0.644. The fourth-order valence-corrected chi connectivity index (χ4v) is 2.75. The number of thioether (sulfide) groups is 1. The molecule has 0 saturated carbocycles. The Balaban J connectivity index is 0.00000192. The van der Waals surface area contributed by atoms with Gasteiger partial charge in [0.15, 0.2) is 0 Å². The van der Waals surface area contributed by atoms with Crippen molar-refractivity contribution in [1.82, 2.24) is 25.5 Å². The number of aromatic nitrogens is 4. The van der Waals surface area contributed by atoms with Gasteiger partial charge in [-0.2, -0.15) is 0 Å². The van der Waals surface area contributed by atoms with Gasteiger partial charge in [-0.15, -0.1) is 5.10 Å². The van der Waals surface area contributed by atoms with Crippen molar-refractivity contribution < 1.29 is 16.8 Å². The Hall–Kier alpha value is -1.83. The summed E-state index contributed by atoms with van der Waals surface area (Å²) in [6, 6.07) is 14.1. The van der Waals surface area contributed by atoms with Crippen LogP contribution in [0.3, 0.4) is 0 Å².